The summed E-state index contributed by atoms with van der Waals surface area (Å²) in [5, 5.41) is 12.8. The fourth-order valence-electron chi connectivity index (χ4n) is 4.07. The number of halogens is 1. The molecule has 2 atom stereocenters. The van der Waals surface area contributed by atoms with E-state index in [2.05, 4.69) is 38.3 Å². The fourth-order valence-corrected chi connectivity index (χ4v) is 4.54. The van der Waals surface area contributed by atoms with E-state index < -0.39 is 6.09 Å². The molecule has 2 N–H and O–H groups in total. The number of likely N-dealkylation sites (tertiary alicyclic amines) is 1. The van der Waals surface area contributed by atoms with Crippen molar-refractivity contribution in [3.8, 4) is 0 Å². The quantitative estimate of drug-likeness (QED) is 0.754. The third-order valence-corrected chi connectivity index (χ3v) is 5.39. The van der Waals surface area contributed by atoms with E-state index in [9.17, 15) is 9.90 Å². The second kappa shape index (κ2) is 4.80. The molecule has 3 aliphatic heterocycles. The molecule has 4 rings (SSSR count). The molecule has 5 nitrogen and oxygen atoms in total. The SMILES string of the molecule is O=C(O)N1CC[C@H]2[C@@H](C1)c1cc(Br)cc3c1N2CCCN3. The van der Waals surface area contributed by atoms with E-state index in [1.54, 1.807) is 4.90 Å². The monoisotopic (exact) mass is 351 g/mol. The van der Waals surface area contributed by atoms with Gasteiger partial charge in [-0.05, 0) is 30.5 Å². The van der Waals surface area contributed by atoms with Crippen molar-refractivity contribution in [2.45, 2.75) is 24.8 Å². The predicted molar refractivity (Wildman–Crippen MR) is 85.3 cm³/mol. The lowest BCUT2D eigenvalue weighted by Gasteiger charge is -2.37. The van der Waals surface area contributed by atoms with Crippen molar-refractivity contribution >= 4 is 33.4 Å². The van der Waals surface area contributed by atoms with E-state index in [-0.39, 0.29) is 0 Å². The number of rotatable bonds is 0. The molecule has 0 unspecified atom stereocenters. The van der Waals surface area contributed by atoms with Crippen LogP contribution in [0.1, 0.15) is 24.3 Å². The Labute approximate surface area is 132 Å². The molecule has 3 aliphatic rings. The highest BCUT2D eigenvalue weighted by atomic mass is 79.9. The maximum absolute atomic E-state index is 11.3. The third-order valence-electron chi connectivity index (χ3n) is 4.93. The van der Waals surface area contributed by atoms with Crippen LogP contribution in [0, 0.1) is 0 Å². The number of anilines is 2. The Bertz CT molecular complexity index is 607. The van der Waals surface area contributed by atoms with Crippen molar-refractivity contribution in [3.63, 3.8) is 0 Å². The standard InChI is InChI=1S/C15H18BrN3O2/c16-9-6-10-11-8-18(15(20)21)5-2-13(11)19-4-1-3-17-12(7-9)14(10)19/h6-7,11,13,17H,1-5,8H2,(H,20,21)/t11-,13-/m0/s1. The van der Waals surface area contributed by atoms with Gasteiger partial charge in [-0.2, -0.15) is 0 Å². The molecule has 0 aromatic heterocycles. The largest absolute Gasteiger partial charge is 0.465 e. The van der Waals surface area contributed by atoms with E-state index in [4.69, 9.17) is 0 Å². The highest BCUT2D eigenvalue weighted by Gasteiger charge is 2.44. The highest BCUT2D eigenvalue weighted by molar-refractivity contribution is 9.10. The molecule has 0 spiro atoms. The molecule has 1 saturated heterocycles. The van der Waals surface area contributed by atoms with Gasteiger partial charge in [-0.1, -0.05) is 15.9 Å². The van der Waals surface area contributed by atoms with Gasteiger partial charge in [-0.15, -0.1) is 0 Å². The van der Waals surface area contributed by atoms with E-state index in [0.717, 1.165) is 30.4 Å². The molecule has 0 saturated carbocycles. The lowest BCUT2D eigenvalue weighted by Crippen LogP contribution is -2.48. The number of fused-ring (bicyclic) bond motifs is 3. The molecule has 1 fully saturated rings. The Morgan fingerprint density at radius 3 is 3.05 bits per heavy atom. The summed E-state index contributed by atoms with van der Waals surface area (Å²) in [7, 11) is 0. The maximum Gasteiger partial charge on any atom is 0.407 e. The molecular formula is C15H18BrN3O2. The molecule has 0 bridgehead atoms. The summed E-state index contributed by atoms with van der Waals surface area (Å²) in [6, 6.07) is 4.77. The number of nitrogens with zero attached hydrogens (tertiary/aromatic N) is 2. The Kier molecular flexibility index (Phi) is 3.03. The van der Waals surface area contributed by atoms with Gasteiger partial charge in [0, 0.05) is 42.6 Å². The number of piperidine rings is 1. The normalized spacial score (nSPS) is 26.7. The van der Waals surface area contributed by atoms with Gasteiger partial charge in [0.25, 0.3) is 0 Å². The van der Waals surface area contributed by atoms with Crippen molar-refractivity contribution in [2.24, 2.45) is 0 Å². The van der Waals surface area contributed by atoms with E-state index in [1.807, 2.05) is 0 Å². The van der Waals surface area contributed by atoms with Gasteiger partial charge in [-0.3, -0.25) is 0 Å². The zero-order valence-electron chi connectivity index (χ0n) is 11.7. The molecule has 6 heteroatoms. The summed E-state index contributed by atoms with van der Waals surface area (Å²) in [4.78, 5) is 15.4. The minimum atomic E-state index is -0.797. The van der Waals surface area contributed by atoms with Crippen molar-refractivity contribution in [1.29, 1.82) is 0 Å². The van der Waals surface area contributed by atoms with Crippen molar-refractivity contribution in [2.75, 3.05) is 36.4 Å². The molecule has 21 heavy (non-hydrogen) atoms. The van der Waals surface area contributed by atoms with Crippen molar-refractivity contribution in [1.82, 2.24) is 4.90 Å². The number of hydrogen-bond donors (Lipinski definition) is 2. The van der Waals surface area contributed by atoms with Crippen LogP contribution in [0.25, 0.3) is 0 Å². The average molecular weight is 352 g/mol. The summed E-state index contributed by atoms with van der Waals surface area (Å²) in [6.45, 7) is 3.31. The maximum atomic E-state index is 11.3. The number of carboxylic acid groups (broad SMARTS) is 1. The van der Waals surface area contributed by atoms with Gasteiger partial charge in [0.15, 0.2) is 0 Å². The summed E-state index contributed by atoms with van der Waals surface area (Å²) < 4.78 is 1.07. The topological polar surface area (TPSA) is 55.8 Å². The van der Waals surface area contributed by atoms with Gasteiger partial charge < -0.3 is 20.2 Å². The molecule has 0 radical (unpaired) electrons. The number of hydrogen-bond acceptors (Lipinski definition) is 3. The molecule has 0 aliphatic carbocycles. The van der Waals surface area contributed by atoms with Gasteiger partial charge in [0.1, 0.15) is 0 Å². The summed E-state index contributed by atoms with van der Waals surface area (Å²) >= 11 is 3.60. The summed E-state index contributed by atoms with van der Waals surface area (Å²) in [5.41, 5.74) is 3.79. The first-order valence-electron chi connectivity index (χ1n) is 7.47. The molecule has 3 heterocycles. The molecule has 112 valence electrons. The number of amides is 1. The van der Waals surface area contributed by atoms with Crippen LogP contribution in [0.15, 0.2) is 16.6 Å². The first-order chi connectivity index (χ1) is 10.1. The van der Waals surface area contributed by atoms with E-state index in [0.29, 0.717) is 25.0 Å². The van der Waals surface area contributed by atoms with Crippen molar-refractivity contribution < 1.29 is 9.90 Å². The number of carbonyl (C=O) groups is 1. The van der Waals surface area contributed by atoms with Gasteiger partial charge in [0.05, 0.1) is 11.4 Å². The summed E-state index contributed by atoms with van der Waals surface area (Å²) in [6.07, 6.45) is 1.24. The van der Waals surface area contributed by atoms with Gasteiger partial charge in [-0.25, -0.2) is 4.79 Å². The van der Waals surface area contributed by atoms with E-state index >= 15 is 0 Å². The first-order valence-corrected chi connectivity index (χ1v) is 8.26. The Morgan fingerprint density at radius 2 is 2.24 bits per heavy atom. The fraction of sp³-hybridized carbons (Fsp3) is 0.533. The van der Waals surface area contributed by atoms with Crippen LogP contribution in [0.4, 0.5) is 16.2 Å². The lowest BCUT2D eigenvalue weighted by molar-refractivity contribution is 0.127. The number of benzene rings is 1. The second-order valence-corrected chi connectivity index (χ2v) is 6.97. The Balaban J connectivity index is 1.80. The predicted octanol–water partition coefficient (Wildman–Crippen LogP) is 2.92. The van der Waals surface area contributed by atoms with Gasteiger partial charge >= 0.3 is 6.09 Å². The lowest BCUT2D eigenvalue weighted by atomic mass is 9.89. The summed E-state index contributed by atoms with van der Waals surface area (Å²) in [5.74, 6) is 0.293. The van der Waals surface area contributed by atoms with Crippen LogP contribution < -0.4 is 10.2 Å². The third kappa shape index (κ3) is 1.99. The zero-order chi connectivity index (χ0) is 14.6. The zero-order valence-corrected chi connectivity index (χ0v) is 13.3. The minimum absolute atomic E-state index is 0.293. The second-order valence-electron chi connectivity index (χ2n) is 6.06. The van der Waals surface area contributed by atoms with Crippen LogP contribution in [0.3, 0.4) is 0 Å². The molecule has 1 aromatic rings. The van der Waals surface area contributed by atoms with Crippen LogP contribution in [0.2, 0.25) is 0 Å². The molecule has 1 aromatic carbocycles. The smallest absolute Gasteiger partial charge is 0.407 e. The molecule has 1 amide bonds. The van der Waals surface area contributed by atoms with Gasteiger partial charge in [0.2, 0.25) is 0 Å². The van der Waals surface area contributed by atoms with E-state index in [1.165, 1.54) is 16.9 Å². The minimum Gasteiger partial charge on any atom is -0.465 e. The Hall–Kier alpha value is -1.43. The van der Waals surface area contributed by atoms with Crippen LogP contribution in [-0.4, -0.2) is 48.3 Å². The molecular weight excluding hydrogens is 334 g/mol. The first kappa shape index (κ1) is 13.2. The number of nitrogens with one attached hydrogen (secondary N) is 1. The highest BCUT2D eigenvalue weighted by Crippen LogP contribution is 2.50. The Morgan fingerprint density at radius 1 is 1.38 bits per heavy atom. The average Bonchev–Trinajstić information content (AvgIpc) is 2.62. The van der Waals surface area contributed by atoms with Crippen LogP contribution in [0.5, 0.6) is 0 Å². The van der Waals surface area contributed by atoms with Crippen LogP contribution >= 0.6 is 15.9 Å². The van der Waals surface area contributed by atoms with Crippen LogP contribution in [-0.2, 0) is 0 Å². The van der Waals surface area contributed by atoms with Crippen molar-refractivity contribution in [3.05, 3.63) is 22.2 Å².